The van der Waals surface area contributed by atoms with E-state index < -0.39 is 0 Å². The maximum absolute atomic E-state index is 6.00. The fraction of sp³-hybridized carbons (Fsp3) is 0.667. The van der Waals surface area contributed by atoms with Crippen molar-refractivity contribution in [1.29, 1.82) is 0 Å². The number of pyridine rings is 1. The van der Waals surface area contributed by atoms with Gasteiger partial charge in [-0.25, -0.2) is 0 Å². The molecular formula is C15H26N2O. The van der Waals surface area contributed by atoms with Crippen molar-refractivity contribution in [3.8, 4) is 0 Å². The molecule has 102 valence electrons. The summed E-state index contributed by atoms with van der Waals surface area (Å²) in [6, 6.07) is 4.29. The average Bonchev–Trinajstić information content (AvgIpc) is 2.40. The molecule has 0 fully saturated rings. The topological polar surface area (TPSA) is 34.2 Å². The number of hydrogen-bond acceptors (Lipinski definition) is 3. The molecule has 0 aliphatic heterocycles. The summed E-state index contributed by atoms with van der Waals surface area (Å²) in [5.41, 5.74) is 1.01. The largest absolute Gasteiger partial charge is 0.374 e. The standard InChI is InChI=1S/C15H26N2O/c1-5-10-17-14(13-9-8-11-16-12-13)15(4,6-2)18-7-3/h8-9,11-12,14,17H,5-7,10H2,1-4H3. The molecule has 0 saturated carbocycles. The number of aromatic nitrogens is 1. The number of ether oxygens (including phenoxy) is 1. The highest BCUT2D eigenvalue weighted by atomic mass is 16.5. The molecule has 2 unspecified atom stereocenters. The molecule has 0 radical (unpaired) electrons. The molecule has 0 amide bonds. The van der Waals surface area contributed by atoms with E-state index in [1.54, 1.807) is 0 Å². The fourth-order valence-electron chi connectivity index (χ4n) is 2.24. The van der Waals surface area contributed by atoms with Crippen molar-refractivity contribution >= 4 is 0 Å². The van der Waals surface area contributed by atoms with E-state index in [1.807, 2.05) is 25.4 Å². The highest BCUT2D eigenvalue weighted by Crippen LogP contribution is 2.31. The summed E-state index contributed by atoms with van der Waals surface area (Å²) >= 11 is 0. The van der Waals surface area contributed by atoms with E-state index in [9.17, 15) is 0 Å². The third kappa shape index (κ3) is 3.79. The second-order valence-corrected chi connectivity index (χ2v) is 4.77. The third-order valence-electron chi connectivity index (χ3n) is 3.40. The Morgan fingerprint density at radius 2 is 2.17 bits per heavy atom. The van der Waals surface area contributed by atoms with Gasteiger partial charge in [0.25, 0.3) is 0 Å². The predicted molar refractivity (Wildman–Crippen MR) is 75.6 cm³/mol. The van der Waals surface area contributed by atoms with E-state index in [0.29, 0.717) is 0 Å². The molecule has 1 aromatic heterocycles. The number of nitrogens with one attached hydrogen (secondary N) is 1. The molecular weight excluding hydrogens is 224 g/mol. The minimum absolute atomic E-state index is 0.188. The van der Waals surface area contributed by atoms with Crippen molar-refractivity contribution in [2.45, 2.75) is 52.2 Å². The van der Waals surface area contributed by atoms with Crippen LogP contribution in [0.2, 0.25) is 0 Å². The van der Waals surface area contributed by atoms with Crippen LogP contribution < -0.4 is 5.32 Å². The monoisotopic (exact) mass is 250 g/mol. The average molecular weight is 250 g/mol. The van der Waals surface area contributed by atoms with Gasteiger partial charge in [0.15, 0.2) is 0 Å². The van der Waals surface area contributed by atoms with Gasteiger partial charge in [-0.3, -0.25) is 4.98 Å². The highest BCUT2D eigenvalue weighted by Gasteiger charge is 2.34. The zero-order valence-corrected chi connectivity index (χ0v) is 12.1. The first-order chi connectivity index (χ1) is 8.68. The van der Waals surface area contributed by atoms with Crippen molar-refractivity contribution in [2.75, 3.05) is 13.2 Å². The summed E-state index contributed by atoms with van der Waals surface area (Å²) in [7, 11) is 0. The van der Waals surface area contributed by atoms with Crippen LogP contribution in [0.5, 0.6) is 0 Å². The first-order valence-corrected chi connectivity index (χ1v) is 6.95. The predicted octanol–water partition coefficient (Wildman–Crippen LogP) is 3.33. The van der Waals surface area contributed by atoms with Crippen LogP contribution in [0.1, 0.15) is 52.1 Å². The minimum atomic E-state index is -0.188. The molecule has 0 aromatic carbocycles. The summed E-state index contributed by atoms with van der Waals surface area (Å²) in [6.07, 6.45) is 5.82. The van der Waals surface area contributed by atoms with Gasteiger partial charge in [0.05, 0.1) is 11.6 Å². The molecule has 3 nitrogen and oxygen atoms in total. The number of rotatable bonds is 8. The van der Waals surface area contributed by atoms with Crippen molar-refractivity contribution in [1.82, 2.24) is 10.3 Å². The van der Waals surface area contributed by atoms with Gasteiger partial charge in [0.2, 0.25) is 0 Å². The third-order valence-corrected chi connectivity index (χ3v) is 3.40. The van der Waals surface area contributed by atoms with Crippen LogP contribution in [0.25, 0.3) is 0 Å². The Balaban J connectivity index is 2.96. The SMILES string of the molecule is CCCNC(c1cccnc1)C(C)(CC)OCC. The van der Waals surface area contributed by atoms with E-state index in [4.69, 9.17) is 4.74 Å². The van der Waals surface area contributed by atoms with Crippen LogP contribution in [0.3, 0.4) is 0 Å². The molecule has 2 atom stereocenters. The lowest BCUT2D eigenvalue weighted by Crippen LogP contribution is -2.44. The molecule has 1 aromatic rings. The number of nitrogens with zero attached hydrogens (tertiary/aromatic N) is 1. The van der Waals surface area contributed by atoms with Gasteiger partial charge >= 0.3 is 0 Å². The first-order valence-electron chi connectivity index (χ1n) is 6.95. The Kier molecular flexibility index (Phi) is 6.30. The molecule has 1 rings (SSSR count). The van der Waals surface area contributed by atoms with Crippen LogP contribution in [-0.4, -0.2) is 23.7 Å². The number of hydrogen-bond donors (Lipinski definition) is 1. The van der Waals surface area contributed by atoms with Crippen molar-refractivity contribution < 1.29 is 4.74 Å². The summed E-state index contributed by atoms with van der Waals surface area (Å²) in [5.74, 6) is 0. The minimum Gasteiger partial charge on any atom is -0.374 e. The van der Waals surface area contributed by atoms with Gasteiger partial charge in [-0.2, -0.15) is 0 Å². The lowest BCUT2D eigenvalue weighted by molar-refractivity contribution is -0.0563. The van der Waals surface area contributed by atoms with E-state index in [2.05, 4.69) is 37.1 Å². The van der Waals surface area contributed by atoms with E-state index >= 15 is 0 Å². The zero-order valence-electron chi connectivity index (χ0n) is 12.1. The van der Waals surface area contributed by atoms with E-state index in [-0.39, 0.29) is 11.6 Å². The quantitative estimate of drug-likeness (QED) is 0.768. The fourth-order valence-corrected chi connectivity index (χ4v) is 2.24. The molecule has 0 saturated heterocycles. The lowest BCUT2D eigenvalue weighted by atomic mass is 9.88. The van der Waals surface area contributed by atoms with Crippen LogP contribution in [0.4, 0.5) is 0 Å². The second kappa shape index (κ2) is 7.49. The van der Waals surface area contributed by atoms with Crippen molar-refractivity contribution in [3.63, 3.8) is 0 Å². The summed E-state index contributed by atoms with van der Waals surface area (Å²) in [4.78, 5) is 4.23. The molecule has 3 heteroatoms. The van der Waals surface area contributed by atoms with Gasteiger partial charge in [-0.1, -0.05) is 19.9 Å². The Hall–Kier alpha value is -0.930. The molecule has 1 N–H and O–H groups in total. The Morgan fingerprint density at radius 3 is 2.67 bits per heavy atom. The summed E-state index contributed by atoms with van der Waals surface area (Å²) in [5, 5.41) is 3.60. The smallest absolute Gasteiger partial charge is 0.0846 e. The highest BCUT2D eigenvalue weighted by molar-refractivity contribution is 5.18. The van der Waals surface area contributed by atoms with Crippen LogP contribution >= 0.6 is 0 Å². The van der Waals surface area contributed by atoms with E-state index in [1.165, 1.54) is 5.56 Å². The first kappa shape index (κ1) is 15.1. The van der Waals surface area contributed by atoms with Gasteiger partial charge < -0.3 is 10.1 Å². The van der Waals surface area contributed by atoms with Gasteiger partial charge in [-0.05, 0) is 44.9 Å². The maximum Gasteiger partial charge on any atom is 0.0846 e. The van der Waals surface area contributed by atoms with Crippen molar-refractivity contribution in [3.05, 3.63) is 30.1 Å². The molecule has 0 aliphatic rings. The van der Waals surface area contributed by atoms with E-state index in [0.717, 1.165) is 26.0 Å². The molecule has 0 bridgehead atoms. The van der Waals surface area contributed by atoms with Gasteiger partial charge in [0, 0.05) is 19.0 Å². The molecule has 18 heavy (non-hydrogen) atoms. The summed E-state index contributed by atoms with van der Waals surface area (Å²) in [6.45, 7) is 10.3. The second-order valence-electron chi connectivity index (χ2n) is 4.77. The van der Waals surface area contributed by atoms with Gasteiger partial charge in [0.1, 0.15) is 0 Å². The summed E-state index contributed by atoms with van der Waals surface area (Å²) < 4.78 is 6.00. The Morgan fingerprint density at radius 1 is 1.39 bits per heavy atom. The van der Waals surface area contributed by atoms with Crippen LogP contribution in [-0.2, 0) is 4.74 Å². The lowest BCUT2D eigenvalue weighted by Gasteiger charge is -2.37. The maximum atomic E-state index is 6.00. The molecule has 0 spiro atoms. The Bertz CT molecular complexity index is 329. The van der Waals surface area contributed by atoms with Crippen molar-refractivity contribution in [2.24, 2.45) is 0 Å². The van der Waals surface area contributed by atoms with Gasteiger partial charge in [-0.15, -0.1) is 0 Å². The molecule has 1 heterocycles. The zero-order chi connectivity index (χ0) is 13.4. The van der Waals surface area contributed by atoms with Crippen LogP contribution in [0.15, 0.2) is 24.5 Å². The molecule has 0 aliphatic carbocycles. The van der Waals surface area contributed by atoms with Crippen LogP contribution in [0, 0.1) is 0 Å². The Labute approximate surface area is 111 Å². The normalized spacial score (nSPS) is 16.2.